The molecule has 1 unspecified atom stereocenters. The molecule has 2 rings (SSSR count). The van der Waals surface area contributed by atoms with Crippen molar-refractivity contribution in [2.24, 2.45) is 0 Å². The molecule has 0 saturated carbocycles. The summed E-state index contributed by atoms with van der Waals surface area (Å²) in [5, 5.41) is 2.88. The van der Waals surface area contributed by atoms with E-state index >= 15 is 0 Å². The molecule has 0 bridgehead atoms. The number of nitrogens with one attached hydrogen (secondary N) is 1. The largest absolute Gasteiger partial charge is 0.354 e. The van der Waals surface area contributed by atoms with Gasteiger partial charge in [-0.1, -0.05) is 61.9 Å². The van der Waals surface area contributed by atoms with Gasteiger partial charge in [0.15, 0.2) is 0 Å². The molecule has 2 amide bonds. The number of sulfonamides is 1. The van der Waals surface area contributed by atoms with Crippen LogP contribution in [-0.4, -0.2) is 57.1 Å². The maximum absolute atomic E-state index is 13.4. The van der Waals surface area contributed by atoms with Gasteiger partial charge in [0.05, 0.1) is 11.9 Å². The molecule has 8 heteroatoms. The predicted octanol–water partition coefficient (Wildman–Crippen LogP) is 3.14. The van der Waals surface area contributed by atoms with Crippen LogP contribution in [0.25, 0.3) is 0 Å². The summed E-state index contributed by atoms with van der Waals surface area (Å²) in [4.78, 5) is 27.6. The highest BCUT2D eigenvalue weighted by atomic mass is 32.2. The minimum atomic E-state index is -3.71. The lowest BCUT2D eigenvalue weighted by molar-refractivity contribution is -0.138. The fraction of sp³-hybridized carbons (Fsp3) is 0.440. The lowest BCUT2D eigenvalue weighted by Crippen LogP contribution is -2.52. The van der Waals surface area contributed by atoms with Crippen molar-refractivity contribution in [1.29, 1.82) is 0 Å². The van der Waals surface area contributed by atoms with Gasteiger partial charge in [0.2, 0.25) is 21.8 Å². The zero-order chi connectivity index (χ0) is 24.4. The summed E-state index contributed by atoms with van der Waals surface area (Å²) in [6.07, 6.45) is 3.45. The van der Waals surface area contributed by atoms with Gasteiger partial charge in [-0.2, -0.15) is 0 Å². The van der Waals surface area contributed by atoms with Crippen LogP contribution in [0.3, 0.4) is 0 Å². The number of anilines is 1. The number of unbranched alkanes of at least 4 members (excludes halogenated alkanes) is 1. The van der Waals surface area contributed by atoms with Gasteiger partial charge in [-0.25, -0.2) is 8.42 Å². The van der Waals surface area contributed by atoms with Crippen LogP contribution in [0.2, 0.25) is 0 Å². The number of nitrogens with zero attached hydrogens (tertiary/aromatic N) is 2. The normalized spacial score (nSPS) is 12.1. The van der Waals surface area contributed by atoms with Gasteiger partial charge in [-0.3, -0.25) is 13.9 Å². The van der Waals surface area contributed by atoms with E-state index in [1.165, 1.54) is 4.90 Å². The molecule has 0 aliphatic rings. The lowest BCUT2D eigenvalue weighted by atomic mass is 10.1. The second-order valence-corrected chi connectivity index (χ2v) is 10.1. The summed E-state index contributed by atoms with van der Waals surface area (Å²) in [6.45, 7) is 6.00. The molecule has 0 aliphatic heterocycles. The average Bonchev–Trinajstić information content (AvgIpc) is 2.78. The Bertz CT molecular complexity index is 1020. The Morgan fingerprint density at radius 1 is 1.03 bits per heavy atom. The van der Waals surface area contributed by atoms with E-state index < -0.39 is 22.0 Å². The van der Waals surface area contributed by atoms with Gasteiger partial charge in [0.25, 0.3) is 0 Å². The van der Waals surface area contributed by atoms with E-state index in [-0.39, 0.29) is 12.5 Å². The highest BCUT2D eigenvalue weighted by Gasteiger charge is 2.30. The molecule has 0 heterocycles. The van der Waals surface area contributed by atoms with E-state index in [0.29, 0.717) is 25.2 Å². The Labute approximate surface area is 197 Å². The lowest BCUT2D eigenvalue weighted by Gasteiger charge is -2.32. The maximum Gasteiger partial charge on any atom is 0.244 e. The summed E-state index contributed by atoms with van der Waals surface area (Å²) >= 11 is 0. The highest BCUT2D eigenvalue weighted by Crippen LogP contribution is 2.22. The molecule has 7 nitrogen and oxygen atoms in total. The third-order valence-electron chi connectivity index (χ3n) is 5.54. The first-order valence-corrected chi connectivity index (χ1v) is 13.1. The molecule has 0 spiro atoms. The number of para-hydroxylation sites is 1. The molecular weight excluding hydrogens is 438 g/mol. The van der Waals surface area contributed by atoms with Gasteiger partial charge in [0.1, 0.15) is 12.6 Å². The molecule has 1 atom stereocenters. The standard InChI is InChI=1S/C25H35N3O4S/c1-5-6-17-26-25(30)21(3)27(18-16-22-13-8-7-9-14-22)24(29)19-28(33(4,31)32)23-15-11-10-12-20(23)2/h7-15,21H,5-6,16-19H2,1-4H3,(H,26,30). The second kappa shape index (κ2) is 12.4. The fourth-order valence-corrected chi connectivity index (χ4v) is 4.45. The van der Waals surface area contributed by atoms with E-state index in [2.05, 4.69) is 5.32 Å². The summed E-state index contributed by atoms with van der Waals surface area (Å²) in [5.41, 5.74) is 2.24. The molecule has 0 fully saturated rings. The SMILES string of the molecule is CCCCNC(=O)C(C)N(CCc1ccccc1)C(=O)CN(c1ccccc1C)S(C)(=O)=O. The molecule has 33 heavy (non-hydrogen) atoms. The van der Waals surface area contributed by atoms with Crippen molar-refractivity contribution < 1.29 is 18.0 Å². The van der Waals surface area contributed by atoms with Crippen LogP contribution in [0.5, 0.6) is 0 Å². The molecule has 1 N–H and O–H groups in total. The van der Waals surface area contributed by atoms with Crippen LogP contribution in [0.15, 0.2) is 54.6 Å². The third kappa shape index (κ3) is 7.89. The number of hydrogen-bond donors (Lipinski definition) is 1. The van der Waals surface area contributed by atoms with Crippen LogP contribution in [0.4, 0.5) is 5.69 Å². The number of rotatable bonds is 12. The number of benzene rings is 2. The Hall–Kier alpha value is -2.87. The molecular formula is C25H35N3O4S. The van der Waals surface area contributed by atoms with Crippen LogP contribution >= 0.6 is 0 Å². The molecule has 2 aromatic rings. The number of hydrogen-bond acceptors (Lipinski definition) is 4. The molecule has 0 radical (unpaired) electrons. The van der Waals surface area contributed by atoms with E-state index in [9.17, 15) is 18.0 Å². The summed E-state index contributed by atoms with van der Waals surface area (Å²) in [7, 11) is -3.71. The van der Waals surface area contributed by atoms with Gasteiger partial charge in [-0.05, 0) is 43.9 Å². The van der Waals surface area contributed by atoms with Crippen molar-refractivity contribution >= 4 is 27.5 Å². The fourth-order valence-electron chi connectivity index (χ4n) is 3.54. The topological polar surface area (TPSA) is 86.8 Å². The third-order valence-corrected chi connectivity index (χ3v) is 6.67. The molecule has 0 aliphatic carbocycles. The van der Waals surface area contributed by atoms with Crippen molar-refractivity contribution in [2.75, 3.05) is 30.2 Å². The number of carbonyl (C=O) groups excluding carboxylic acids is 2. The monoisotopic (exact) mass is 473 g/mol. The first-order valence-electron chi connectivity index (χ1n) is 11.3. The van der Waals surface area contributed by atoms with Gasteiger partial charge in [-0.15, -0.1) is 0 Å². The quantitative estimate of drug-likeness (QED) is 0.480. The van der Waals surface area contributed by atoms with E-state index in [4.69, 9.17) is 0 Å². The zero-order valence-electron chi connectivity index (χ0n) is 20.0. The van der Waals surface area contributed by atoms with Gasteiger partial charge < -0.3 is 10.2 Å². The second-order valence-electron chi connectivity index (χ2n) is 8.20. The van der Waals surface area contributed by atoms with Crippen LogP contribution < -0.4 is 9.62 Å². The Morgan fingerprint density at radius 2 is 1.67 bits per heavy atom. The van der Waals surface area contributed by atoms with Crippen molar-refractivity contribution in [1.82, 2.24) is 10.2 Å². The molecule has 0 saturated heterocycles. The van der Waals surface area contributed by atoms with Crippen molar-refractivity contribution in [3.05, 3.63) is 65.7 Å². The Kier molecular flexibility index (Phi) is 9.91. The maximum atomic E-state index is 13.4. The predicted molar refractivity (Wildman–Crippen MR) is 133 cm³/mol. The zero-order valence-corrected chi connectivity index (χ0v) is 20.8. The van der Waals surface area contributed by atoms with Crippen molar-refractivity contribution in [2.45, 2.75) is 46.1 Å². The molecule has 0 aromatic heterocycles. The van der Waals surface area contributed by atoms with Crippen LogP contribution in [0.1, 0.15) is 37.8 Å². The minimum Gasteiger partial charge on any atom is -0.354 e. The van der Waals surface area contributed by atoms with Crippen molar-refractivity contribution in [3.8, 4) is 0 Å². The smallest absolute Gasteiger partial charge is 0.244 e. The van der Waals surface area contributed by atoms with Gasteiger partial charge in [0, 0.05) is 13.1 Å². The van der Waals surface area contributed by atoms with E-state index in [1.54, 1.807) is 32.0 Å². The number of aryl methyl sites for hydroxylation is 1. The highest BCUT2D eigenvalue weighted by molar-refractivity contribution is 7.92. The summed E-state index contributed by atoms with van der Waals surface area (Å²) < 4.78 is 26.3. The summed E-state index contributed by atoms with van der Waals surface area (Å²) in [5.74, 6) is -0.663. The van der Waals surface area contributed by atoms with Crippen LogP contribution in [0, 0.1) is 6.92 Å². The van der Waals surface area contributed by atoms with Crippen molar-refractivity contribution in [3.63, 3.8) is 0 Å². The van der Waals surface area contributed by atoms with Crippen LogP contribution in [-0.2, 0) is 26.0 Å². The Morgan fingerprint density at radius 3 is 2.27 bits per heavy atom. The number of carbonyl (C=O) groups is 2. The number of amides is 2. The first-order chi connectivity index (χ1) is 15.6. The minimum absolute atomic E-state index is 0.244. The first kappa shape index (κ1) is 26.4. The average molecular weight is 474 g/mol. The Balaban J connectivity index is 2.28. The van der Waals surface area contributed by atoms with E-state index in [1.807, 2.05) is 43.3 Å². The molecule has 180 valence electrons. The molecule has 2 aromatic carbocycles. The van der Waals surface area contributed by atoms with Gasteiger partial charge >= 0.3 is 0 Å². The summed E-state index contributed by atoms with van der Waals surface area (Å²) in [6, 6.07) is 16.0. The van der Waals surface area contributed by atoms with E-state index in [0.717, 1.165) is 34.5 Å².